The molecule has 1 aliphatic rings. The maximum absolute atomic E-state index is 13.2. The Morgan fingerprint density at radius 1 is 1.27 bits per heavy atom. The maximum atomic E-state index is 13.2. The van der Waals surface area contributed by atoms with Gasteiger partial charge in [0.15, 0.2) is 5.69 Å². The van der Waals surface area contributed by atoms with Crippen LogP contribution in [0.4, 0.5) is 10.2 Å². The first-order chi connectivity index (χ1) is 12.5. The lowest BCUT2D eigenvalue weighted by Gasteiger charge is -2.21. The van der Waals surface area contributed by atoms with E-state index in [0.717, 1.165) is 18.7 Å². The van der Waals surface area contributed by atoms with Gasteiger partial charge in [-0.2, -0.15) is 0 Å². The molecule has 0 amide bonds. The normalized spacial score (nSPS) is 15.8. The number of rotatable bonds is 6. The Hall–Kier alpha value is -2.54. The second-order valence-electron chi connectivity index (χ2n) is 6.63. The van der Waals surface area contributed by atoms with Gasteiger partial charge in [-0.05, 0) is 50.6 Å². The SMILES string of the molecule is Cc1nc(NCN2CCCC2)c(C(C)c2ccc(F)cc2)nc1C(=O)O. The van der Waals surface area contributed by atoms with Crippen LogP contribution in [0.5, 0.6) is 0 Å². The Morgan fingerprint density at radius 3 is 2.54 bits per heavy atom. The number of likely N-dealkylation sites (tertiary alicyclic amines) is 1. The number of hydrogen-bond donors (Lipinski definition) is 2. The fourth-order valence-corrected chi connectivity index (χ4v) is 3.20. The molecule has 7 heteroatoms. The fraction of sp³-hybridized carbons (Fsp3) is 0.421. The minimum atomic E-state index is -1.10. The predicted molar refractivity (Wildman–Crippen MR) is 96.9 cm³/mol. The summed E-state index contributed by atoms with van der Waals surface area (Å²) >= 11 is 0. The van der Waals surface area contributed by atoms with Crippen molar-refractivity contribution in [1.82, 2.24) is 14.9 Å². The van der Waals surface area contributed by atoms with Gasteiger partial charge in [-0.1, -0.05) is 19.1 Å². The molecule has 0 spiro atoms. The van der Waals surface area contributed by atoms with Crippen LogP contribution in [0, 0.1) is 12.7 Å². The molecule has 138 valence electrons. The molecule has 2 heterocycles. The lowest BCUT2D eigenvalue weighted by Crippen LogP contribution is -2.27. The minimum Gasteiger partial charge on any atom is -0.476 e. The Morgan fingerprint density at radius 2 is 1.92 bits per heavy atom. The standard InChI is InChI=1S/C19H23FN4O2/c1-12(14-5-7-15(20)8-6-14)16-18(21-11-24-9-3-4-10-24)22-13(2)17(23-16)19(25)26/h5-8,12H,3-4,9-11H2,1-2H3,(H,21,22)(H,25,26). The summed E-state index contributed by atoms with van der Waals surface area (Å²) in [5.41, 5.74) is 1.72. The molecule has 0 bridgehead atoms. The van der Waals surface area contributed by atoms with E-state index in [9.17, 15) is 14.3 Å². The molecule has 26 heavy (non-hydrogen) atoms. The van der Waals surface area contributed by atoms with E-state index in [1.165, 1.54) is 25.0 Å². The molecule has 1 aromatic carbocycles. The van der Waals surface area contributed by atoms with E-state index >= 15 is 0 Å². The Bertz CT molecular complexity index is 789. The summed E-state index contributed by atoms with van der Waals surface area (Å²) in [5.74, 6) is -1.05. The van der Waals surface area contributed by atoms with E-state index in [1.807, 2.05) is 6.92 Å². The van der Waals surface area contributed by atoms with Gasteiger partial charge < -0.3 is 10.4 Å². The molecule has 1 unspecified atom stereocenters. The van der Waals surface area contributed by atoms with Crippen LogP contribution in [0.15, 0.2) is 24.3 Å². The zero-order valence-electron chi connectivity index (χ0n) is 15.0. The molecule has 2 aromatic rings. The van der Waals surface area contributed by atoms with Gasteiger partial charge in [0, 0.05) is 5.92 Å². The van der Waals surface area contributed by atoms with Crippen molar-refractivity contribution < 1.29 is 14.3 Å². The third-order valence-corrected chi connectivity index (χ3v) is 4.75. The second-order valence-corrected chi connectivity index (χ2v) is 6.63. The zero-order chi connectivity index (χ0) is 18.7. The third-order valence-electron chi connectivity index (χ3n) is 4.75. The monoisotopic (exact) mass is 358 g/mol. The van der Waals surface area contributed by atoms with Gasteiger partial charge in [-0.15, -0.1) is 0 Å². The fourth-order valence-electron chi connectivity index (χ4n) is 3.20. The topological polar surface area (TPSA) is 78.4 Å². The third kappa shape index (κ3) is 3.99. The van der Waals surface area contributed by atoms with E-state index in [4.69, 9.17) is 0 Å². The van der Waals surface area contributed by atoms with Gasteiger partial charge >= 0.3 is 5.97 Å². The molecular formula is C19H23FN4O2. The van der Waals surface area contributed by atoms with Crippen LogP contribution in [0.2, 0.25) is 0 Å². The quantitative estimate of drug-likeness (QED) is 0.825. The smallest absolute Gasteiger partial charge is 0.356 e. The number of anilines is 1. The zero-order valence-corrected chi connectivity index (χ0v) is 15.0. The van der Waals surface area contributed by atoms with Crippen molar-refractivity contribution in [2.45, 2.75) is 32.6 Å². The summed E-state index contributed by atoms with van der Waals surface area (Å²) in [6, 6.07) is 6.16. The maximum Gasteiger partial charge on any atom is 0.356 e. The number of carboxylic acids is 1. The first kappa shape index (κ1) is 18.3. The molecule has 1 fully saturated rings. The number of benzene rings is 1. The number of aromatic carboxylic acids is 1. The Labute approximate surface area is 152 Å². The molecule has 6 nitrogen and oxygen atoms in total. The summed E-state index contributed by atoms with van der Waals surface area (Å²) in [6.07, 6.45) is 2.37. The summed E-state index contributed by atoms with van der Waals surface area (Å²) in [7, 11) is 0. The number of aryl methyl sites for hydroxylation is 1. The average Bonchev–Trinajstić information content (AvgIpc) is 3.13. The van der Waals surface area contributed by atoms with Crippen molar-refractivity contribution in [3.63, 3.8) is 0 Å². The summed E-state index contributed by atoms with van der Waals surface area (Å²) in [5, 5.41) is 12.7. The number of aromatic nitrogens is 2. The summed E-state index contributed by atoms with van der Waals surface area (Å²) in [4.78, 5) is 22.6. The highest BCUT2D eigenvalue weighted by molar-refractivity contribution is 5.86. The molecule has 1 saturated heterocycles. The lowest BCUT2D eigenvalue weighted by molar-refractivity contribution is 0.0688. The van der Waals surface area contributed by atoms with Crippen molar-refractivity contribution >= 4 is 11.8 Å². The number of hydrogen-bond acceptors (Lipinski definition) is 5. The van der Waals surface area contributed by atoms with Gasteiger partial charge in [-0.3, -0.25) is 4.90 Å². The van der Waals surface area contributed by atoms with E-state index in [-0.39, 0.29) is 17.4 Å². The lowest BCUT2D eigenvalue weighted by atomic mass is 9.97. The molecule has 0 saturated carbocycles. The van der Waals surface area contributed by atoms with Crippen molar-refractivity contribution in [1.29, 1.82) is 0 Å². The first-order valence-electron chi connectivity index (χ1n) is 8.79. The molecule has 1 atom stereocenters. The van der Waals surface area contributed by atoms with Gasteiger partial charge in [-0.25, -0.2) is 19.2 Å². The van der Waals surface area contributed by atoms with E-state index in [2.05, 4.69) is 20.2 Å². The van der Waals surface area contributed by atoms with Crippen LogP contribution in [0.1, 0.15) is 53.1 Å². The van der Waals surface area contributed by atoms with Crippen molar-refractivity contribution in [3.8, 4) is 0 Å². The highest BCUT2D eigenvalue weighted by Gasteiger charge is 2.22. The van der Waals surface area contributed by atoms with E-state index < -0.39 is 5.97 Å². The van der Waals surface area contributed by atoms with Crippen LogP contribution < -0.4 is 5.32 Å². The highest BCUT2D eigenvalue weighted by Crippen LogP contribution is 2.28. The summed E-state index contributed by atoms with van der Waals surface area (Å²) < 4.78 is 13.2. The van der Waals surface area contributed by atoms with Crippen molar-refractivity contribution in [3.05, 3.63) is 52.7 Å². The highest BCUT2D eigenvalue weighted by atomic mass is 19.1. The largest absolute Gasteiger partial charge is 0.476 e. The minimum absolute atomic E-state index is 0.0549. The number of nitrogens with zero attached hydrogens (tertiary/aromatic N) is 3. The van der Waals surface area contributed by atoms with E-state index in [1.54, 1.807) is 19.1 Å². The van der Waals surface area contributed by atoms with Crippen LogP contribution in [-0.4, -0.2) is 45.7 Å². The molecule has 3 rings (SSSR count). The Balaban J connectivity index is 1.94. The summed E-state index contributed by atoms with van der Waals surface area (Å²) in [6.45, 7) is 6.28. The average molecular weight is 358 g/mol. The van der Waals surface area contributed by atoms with E-state index in [0.29, 0.717) is 23.9 Å². The molecule has 1 aromatic heterocycles. The van der Waals surface area contributed by atoms with Crippen LogP contribution >= 0.6 is 0 Å². The first-order valence-corrected chi connectivity index (χ1v) is 8.79. The van der Waals surface area contributed by atoms with Crippen LogP contribution in [-0.2, 0) is 0 Å². The Kier molecular flexibility index (Phi) is 5.46. The van der Waals surface area contributed by atoms with Gasteiger partial charge in [0.05, 0.1) is 18.1 Å². The molecule has 0 aliphatic carbocycles. The number of carbonyl (C=O) groups is 1. The van der Waals surface area contributed by atoms with Crippen molar-refractivity contribution in [2.75, 3.05) is 25.1 Å². The van der Waals surface area contributed by atoms with Crippen molar-refractivity contribution in [2.24, 2.45) is 0 Å². The van der Waals surface area contributed by atoms with Crippen LogP contribution in [0.3, 0.4) is 0 Å². The molecule has 1 aliphatic heterocycles. The predicted octanol–water partition coefficient (Wildman–Crippen LogP) is 3.24. The molecule has 2 N–H and O–H groups in total. The number of halogens is 1. The second kappa shape index (κ2) is 7.78. The van der Waals surface area contributed by atoms with Crippen LogP contribution in [0.25, 0.3) is 0 Å². The molecular weight excluding hydrogens is 335 g/mol. The number of carboxylic acid groups (broad SMARTS) is 1. The molecule has 0 radical (unpaired) electrons. The number of nitrogens with one attached hydrogen (secondary N) is 1. The van der Waals surface area contributed by atoms with Gasteiger partial charge in [0.2, 0.25) is 0 Å². The van der Waals surface area contributed by atoms with Gasteiger partial charge in [0.1, 0.15) is 11.6 Å². The van der Waals surface area contributed by atoms with Gasteiger partial charge in [0.25, 0.3) is 0 Å².